The predicted molar refractivity (Wildman–Crippen MR) is 68.9 cm³/mol. The minimum absolute atomic E-state index is 0.0290. The average molecular weight is 233 g/mol. The molecule has 0 spiro atoms. The van der Waals surface area contributed by atoms with E-state index in [4.69, 9.17) is 5.73 Å². The van der Waals surface area contributed by atoms with Crippen LogP contribution in [0.25, 0.3) is 0 Å². The summed E-state index contributed by atoms with van der Waals surface area (Å²) in [6.07, 6.45) is 2.88. The van der Waals surface area contributed by atoms with Gasteiger partial charge < -0.3 is 16.4 Å². The van der Waals surface area contributed by atoms with E-state index in [0.717, 1.165) is 31.5 Å². The highest BCUT2D eigenvalue weighted by atomic mass is 16.2. The Kier molecular flexibility index (Phi) is 4.12. The van der Waals surface area contributed by atoms with Crippen molar-refractivity contribution in [2.75, 3.05) is 18.4 Å². The third kappa shape index (κ3) is 3.28. The summed E-state index contributed by atoms with van der Waals surface area (Å²) in [5.41, 5.74) is 7.53. The highest BCUT2D eigenvalue weighted by molar-refractivity contribution is 5.95. The Balaban J connectivity index is 1.91. The van der Waals surface area contributed by atoms with Gasteiger partial charge in [0.2, 0.25) is 5.91 Å². The molecule has 4 N–H and O–H groups in total. The Morgan fingerprint density at radius 3 is 2.76 bits per heavy atom. The first-order valence-corrected chi connectivity index (χ1v) is 6.13. The van der Waals surface area contributed by atoms with Gasteiger partial charge in [0.1, 0.15) is 0 Å². The molecule has 1 atom stereocenters. The van der Waals surface area contributed by atoms with E-state index in [1.54, 1.807) is 0 Å². The minimum Gasteiger partial charge on any atom is -0.330 e. The molecular formula is C13H19N3O. The van der Waals surface area contributed by atoms with Gasteiger partial charge >= 0.3 is 0 Å². The largest absolute Gasteiger partial charge is 0.330 e. The molecule has 0 saturated carbocycles. The molecule has 1 saturated heterocycles. The zero-order chi connectivity index (χ0) is 12.1. The number of nitrogens with one attached hydrogen (secondary N) is 2. The van der Waals surface area contributed by atoms with E-state index in [0.29, 0.717) is 6.54 Å². The monoisotopic (exact) mass is 233 g/mol. The van der Waals surface area contributed by atoms with Gasteiger partial charge in [-0.3, -0.25) is 4.79 Å². The molecule has 4 nitrogen and oxygen atoms in total. The van der Waals surface area contributed by atoms with Gasteiger partial charge in [0.25, 0.3) is 0 Å². The molecule has 0 aromatic heterocycles. The molecule has 2 rings (SSSR count). The lowest BCUT2D eigenvalue weighted by atomic mass is 10.1. The fourth-order valence-electron chi connectivity index (χ4n) is 2.06. The lowest BCUT2D eigenvalue weighted by molar-refractivity contribution is -0.117. The molecular weight excluding hydrogens is 214 g/mol. The Labute approximate surface area is 102 Å². The standard InChI is InChI=1S/C13H19N3O/c14-8-7-10-3-5-11(6-4-10)16-13(17)12-2-1-9-15-12/h3-6,12,15H,1-2,7-9,14H2,(H,16,17)/t12-/m0/s1. The van der Waals surface area contributed by atoms with Crippen molar-refractivity contribution in [1.82, 2.24) is 5.32 Å². The number of anilines is 1. The molecule has 0 aliphatic carbocycles. The van der Waals surface area contributed by atoms with Crippen LogP contribution in [0.5, 0.6) is 0 Å². The smallest absolute Gasteiger partial charge is 0.241 e. The van der Waals surface area contributed by atoms with E-state index in [2.05, 4.69) is 10.6 Å². The number of carbonyl (C=O) groups excluding carboxylic acids is 1. The van der Waals surface area contributed by atoms with Crippen LogP contribution in [0.2, 0.25) is 0 Å². The van der Waals surface area contributed by atoms with E-state index >= 15 is 0 Å². The van der Waals surface area contributed by atoms with Crippen LogP contribution in [-0.2, 0) is 11.2 Å². The van der Waals surface area contributed by atoms with Crippen LogP contribution in [-0.4, -0.2) is 25.0 Å². The maximum absolute atomic E-state index is 11.8. The second kappa shape index (κ2) is 5.80. The highest BCUT2D eigenvalue weighted by Crippen LogP contribution is 2.12. The summed E-state index contributed by atoms with van der Waals surface area (Å²) in [5.74, 6) is 0.0640. The summed E-state index contributed by atoms with van der Waals surface area (Å²) in [6.45, 7) is 1.59. The maximum Gasteiger partial charge on any atom is 0.241 e. The van der Waals surface area contributed by atoms with Crippen molar-refractivity contribution in [1.29, 1.82) is 0 Å². The Morgan fingerprint density at radius 1 is 1.41 bits per heavy atom. The van der Waals surface area contributed by atoms with Crippen molar-refractivity contribution in [3.63, 3.8) is 0 Å². The molecule has 0 radical (unpaired) electrons. The molecule has 92 valence electrons. The van der Waals surface area contributed by atoms with Crippen molar-refractivity contribution in [3.05, 3.63) is 29.8 Å². The van der Waals surface area contributed by atoms with Gasteiger partial charge in [-0.15, -0.1) is 0 Å². The second-order valence-electron chi connectivity index (χ2n) is 4.37. The predicted octanol–water partition coefficient (Wildman–Crippen LogP) is 0.878. The van der Waals surface area contributed by atoms with Crippen molar-refractivity contribution in [2.24, 2.45) is 5.73 Å². The van der Waals surface area contributed by atoms with E-state index in [1.807, 2.05) is 24.3 Å². The van der Waals surface area contributed by atoms with E-state index in [9.17, 15) is 4.79 Å². The minimum atomic E-state index is -0.0290. The number of benzene rings is 1. The first-order valence-electron chi connectivity index (χ1n) is 6.13. The fraction of sp³-hybridized carbons (Fsp3) is 0.462. The molecule has 0 bridgehead atoms. The molecule has 17 heavy (non-hydrogen) atoms. The van der Waals surface area contributed by atoms with Crippen LogP contribution in [0.15, 0.2) is 24.3 Å². The number of hydrogen-bond donors (Lipinski definition) is 3. The summed E-state index contributed by atoms with van der Waals surface area (Å²) < 4.78 is 0. The summed E-state index contributed by atoms with van der Waals surface area (Å²) in [6, 6.07) is 7.84. The zero-order valence-corrected chi connectivity index (χ0v) is 9.91. The summed E-state index contributed by atoms with van der Waals surface area (Å²) in [5, 5.41) is 6.10. The highest BCUT2D eigenvalue weighted by Gasteiger charge is 2.21. The maximum atomic E-state index is 11.8. The van der Waals surface area contributed by atoms with E-state index in [-0.39, 0.29) is 11.9 Å². The van der Waals surface area contributed by atoms with Crippen LogP contribution in [0.4, 0.5) is 5.69 Å². The van der Waals surface area contributed by atoms with Gasteiger partial charge in [0.15, 0.2) is 0 Å². The Hall–Kier alpha value is -1.39. The third-order valence-corrected chi connectivity index (χ3v) is 3.03. The van der Waals surface area contributed by atoms with Crippen LogP contribution in [0.1, 0.15) is 18.4 Å². The molecule has 0 unspecified atom stereocenters. The lowest BCUT2D eigenvalue weighted by Gasteiger charge is -2.11. The Morgan fingerprint density at radius 2 is 2.18 bits per heavy atom. The van der Waals surface area contributed by atoms with Crippen LogP contribution >= 0.6 is 0 Å². The van der Waals surface area contributed by atoms with Crippen molar-refractivity contribution in [2.45, 2.75) is 25.3 Å². The molecule has 4 heteroatoms. The van der Waals surface area contributed by atoms with Gasteiger partial charge in [-0.25, -0.2) is 0 Å². The number of carbonyl (C=O) groups is 1. The third-order valence-electron chi connectivity index (χ3n) is 3.03. The molecule has 1 aliphatic rings. The molecule has 1 aromatic carbocycles. The number of rotatable bonds is 4. The van der Waals surface area contributed by atoms with E-state index in [1.165, 1.54) is 5.56 Å². The Bertz CT molecular complexity index is 369. The molecule has 1 amide bonds. The fourth-order valence-corrected chi connectivity index (χ4v) is 2.06. The van der Waals surface area contributed by atoms with Crippen molar-refractivity contribution in [3.8, 4) is 0 Å². The first kappa shape index (κ1) is 12.1. The average Bonchev–Trinajstić information content (AvgIpc) is 2.86. The van der Waals surface area contributed by atoms with Gasteiger partial charge in [-0.1, -0.05) is 12.1 Å². The van der Waals surface area contributed by atoms with Gasteiger partial charge in [0.05, 0.1) is 6.04 Å². The van der Waals surface area contributed by atoms with Gasteiger partial charge in [-0.2, -0.15) is 0 Å². The number of hydrogen-bond acceptors (Lipinski definition) is 3. The molecule has 1 fully saturated rings. The normalized spacial score (nSPS) is 19.2. The molecule has 1 aromatic rings. The second-order valence-corrected chi connectivity index (χ2v) is 4.37. The number of nitrogens with two attached hydrogens (primary N) is 1. The SMILES string of the molecule is NCCc1ccc(NC(=O)[C@@H]2CCCN2)cc1. The quantitative estimate of drug-likeness (QED) is 0.723. The van der Waals surface area contributed by atoms with Crippen LogP contribution < -0.4 is 16.4 Å². The van der Waals surface area contributed by atoms with E-state index < -0.39 is 0 Å². The first-order chi connectivity index (χ1) is 8.29. The topological polar surface area (TPSA) is 67.1 Å². The van der Waals surface area contributed by atoms with Crippen molar-refractivity contribution < 1.29 is 4.79 Å². The van der Waals surface area contributed by atoms with Crippen LogP contribution in [0, 0.1) is 0 Å². The zero-order valence-electron chi connectivity index (χ0n) is 9.91. The number of amides is 1. The summed E-state index contributed by atoms with van der Waals surface area (Å²) in [4.78, 5) is 11.8. The molecule has 1 heterocycles. The van der Waals surface area contributed by atoms with Gasteiger partial charge in [-0.05, 0) is 50.0 Å². The van der Waals surface area contributed by atoms with Crippen LogP contribution in [0.3, 0.4) is 0 Å². The van der Waals surface area contributed by atoms with Crippen molar-refractivity contribution >= 4 is 11.6 Å². The summed E-state index contributed by atoms with van der Waals surface area (Å²) in [7, 11) is 0. The van der Waals surface area contributed by atoms with Gasteiger partial charge in [0, 0.05) is 5.69 Å². The molecule has 1 aliphatic heterocycles. The summed E-state index contributed by atoms with van der Waals surface area (Å²) >= 11 is 0. The lowest BCUT2D eigenvalue weighted by Crippen LogP contribution is -2.35.